The van der Waals surface area contributed by atoms with E-state index in [9.17, 15) is 4.79 Å². The molecular weight excluding hydrogens is 214 g/mol. The molecule has 0 aromatic carbocycles. The number of hydrogen-bond donors (Lipinski definition) is 1. The fraction of sp³-hybridized carbons (Fsp3) is 0.500. The number of rotatable bonds is 3. The lowest BCUT2D eigenvalue weighted by atomic mass is 10.4. The van der Waals surface area contributed by atoms with Crippen LogP contribution in [-0.2, 0) is 11.3 Å². The maximum Gasteiger partial charge on any atom is 0.234 e. The Morgan fingerprint density at radius 2 is 2.33 bits per heavy atom. The minimum Gasteiger partial charge on any atom is -0.350 e. The van der Waals surface area contributed by atoms with E-state index in [-0.39, 0.29) is 5.91 Å². The minimum atomic E-state index is 0.0256. The van der Waals surface area contributed by atoms with Gasteiger partial charge < -0.3 is 5.32 Å². The highest BCUT2D eigenvalue weighted by Gasteiger charge is 2.08. The number of fused-ring (bicyclic) bond motifs is 1. The van der Waals surface area contributed by atoms with Crippen LogP contribution in [-0.4, -0.2) is 25.7 Å². The van der Waals surface area contributed by atoms with Gasteiger partial charge in [-0.1, -0.05) is 18.3 Å². The molecule has 1 amide bonds. The van der Waals surface area contributed by atoms with Crippen molar-refractivity contribution in [1.82, 2.24) is 25.1 Å². The quantitative estimate of drug-likeness (QED) is 0.826. The third-order valence-electron chi connectivity index (χ3n) is 1.95. The highest BCUT2D eigenvalue weighted by Crippen LogP contribution is 2.12. The van der Waals surface area contributed by atoms with E-state index >= 15 is 0 Å². The number of nitrogens with one attached hydrogen (secondary N) is 1. The van der Waals surface area contributed by atoms with E-state index in [2.05, 4.69) is 20.6 Å². The molecule has 2 rings (SSSR count). The van der Waals surface area contributed by atoms with Gasteiger partial charge in [-0.25, -0.2) is 0 Å². The average Bonchev–Trinajstić information content (AvgIpc) is 2.78. The molecule has 0 fully saturated rings. The Hall–Kier alpha value is -1.50. The lowest BCUT2D eigenvalue weighted by Crippen LogP contribution is -2.21. The Labute approximate surface area is 90.3 Å². The predicted octanol–water partition coefficient (Wildman–Crippen LogP) is 0.520. The number of amides is 1. The fourth-order valence-corrected chi connectivity index (χ4v) is 1.94. The molecule has 0 aliphatic heterocycles. The largest absolute Gasteiger partial charge is 0.350 e. The first-order valence-electron chi connectivity index (χ1n) is 4.65. The van der Waals surface area contributed by atoms with Gasteiger partial charge in [-0.2, -0.15) is 9.61 Å². The summed E-state index contributed by atoms with van der Waals surface area (Å²) in [5.74, 6) is 0.784. The molecule has 0 aliphatic carbocycles. The van der Waals surface area contributed by atoms with Crippen LogP contribution in [0.1, 0.15) is 24.2 Å². The van der Waals surface area contributed by atoms with Crippen molar-refractivity contribution in [1.29, 1.82) is 0 Å². The van der Waals surface area contributed by atoms with E-state index < -0.39 is 0 Å². The van der Waals surface area contributed by atoms with Crippen LogP contribution in [0, 0.1) is 6.92 Å². The number of carbonyl (C=O) groups is 1. The number of hydrogen-bond acceptors (Lipinski definition) is 5. The lowest BCUT2D eigenvalue weighted by molar-refractivity contribution is -0.120. The first kappa shape index (κ1) is 10.0. The first-order chi connectivity index (χ1) is 7.20. The summed E-state index contributed by atoms with van der Waals surface area (Å²) in [4.78, 5) is 11.8. The van der Waals surface area contributed by atoms with Crippen molar-refractivity contribution in [3.05, 3.63) is 10.8 Å². The topological polar surface area (TPSA) is 72.2 Å². The molecule has 6 nitrogen and oxygen atoms in total. The van der Waals surface area contributed by atoms with Crippen LogP contribution in [0.3, 0.4) is 0 Å². The van der Waals surface area contributed by atoms with Crippen LogP contribution in [0.15, 0.2) is 0 Å². The summed E-state index contributed by atoms with van der Waals surface area (Å²) in [5.41, 5.74) is 0. The molecule has 7 heteroatoms. The minimum absolute atomic E-state index is 0.0256. The van der Waals surface area contributed by atoms with Crippen LogP contribution in [0.5, 0.6) is 0 Å². The second kappa shape index (κ2) is 3.93. The second-order valence-electron chi connectivity index (χ2n) is 3.07. The summed E-state index contributed by atoms with van der Waals surface area (Å²) in [6, 6.07) is 0. The standard InChI is InChI=1S/C8H11N5OS/c1-3-6(14)9-4-7-12-13-5(2)10-11-8(13)15-7/h3-4H2,1-2H3,(H,9,14). The van der Waals surface area contributed by atoms with Gasteiger partial charge in [-0.05, 0) is 6.92 Å². The summed E-state index contributed by atoms with van der Waals surface area (Å²) in [6.45, 7) is 4.12. The average molecular weight is 225 g/mol. The Bertz CT molecular complexity index is 488. The van der Waals surface area contributed by atoms with Crippen LogP contribution in [0.4, 0.5) is 0 Å². The Morgan fingerprint density at radius 1 is 1.53 bits per heavy atom. The van der Waals surface area contributed by atoms with Crippen LogP contribution < -0.4 is 5.32 Å². The van der Waals surface area contributed by atoms with Gasteiger partial charge in [0.25, 0.3) is 0 Å². The first-order valence-corrected chi connectivity index (χ1v) is 5.46. The van der Waals surface area contributed by atoms with Gasteiger partial charge in [0, 0.05) is 6.42 Å². The molecule has 0 atom stereocenters. The normalized spacial score (nSPS) is 10.8. The molecule has 80 valence electrons. The summed E-state index contributed by atoms with van der Waals surface area (Å²) in [5, 5.41) is 15.7. The molecule has 1 N–H and O–H groups in total. The number of carbonyl (C=O) groups excluding carboxylic acids is 1. The summed E-state index contributed by atoms with van der Waals surface area (Å²) in [7, 11) is 0. The Balaban J connectivity index is 2.12. The molecule has 0 aliphatic rings. The van der Waals surface area contributed by atoms with Crippen molar-refractivity contribution in [2.45, 2.75) is 26.8 Å². The molecule has 2 aromatic rings. The number of aromatic nitrogens is 4. The second-order valence-corrected chi connectivity index (χ2v) is 4.11. The van der Waals surface area contributed by atoms with Gasteiger partial charge in [0.2, 0.25) is 10.9 Å². The van der Waals surface area contributed by atoms with Crippen LogP contribution in [0.25, 0.3) is 4.96 Å². The molecule has 15 heavy (non-hydrogen) atoms. The van der Waals surface area contributed by atoms with E-state index in [1.807, 2.05) is 13.8 Å². The fourth-order valence-electron chi connectivity index (χ4n) is 1.13. The van der Waals surface area contributed by atoms with Gasteiger partial charge in [0.05, 0.1) is 6.54 Å². The van der Waals surface area contributed by atoms with Crippen molar-refractivity contribution < 1.29 is 4.79 Å². The monoisotopic (exact) mass is 225 g/mol. The van der Waals surface area contributed by atoms with E-state index in [0.717, 1.165) is 15.8 Å². The van der Waals surface area contributed by atoms with Crippen molar-refractivity contribution in [2.75, 3.05) is 0 Å². The lowest BCUT2D eigenvalue weighted by Gasteiger charge is -1.97. The molecule has 0 spiro atoms. The van der Waals surface area contributed by atoms with E-state index in [1.165, 1.54) is 11.3 Å². The zero-order chi connectivity index (χ0) is 10.8. The van der Waals surface area contributed by atoms with E-state index in [0.29, 0.717) is 13.0 Å². The number of aryl methyl sites for hydroxylation is 1. The van der Waals surface area contributed by atoms with Crippen molar-refractivity contribution in [3.8, 4) is 0 Å². The van der Waals surface area contributed by atoms with Gasteiger partial charge in [0.1, 0.15) is 5.01 Å². The van der Waals surface area contributed by atoms with Gasteiger partial charge >= 0.3 is 0 Å². The van der Waals surface area contributed by atoms with Crippen molar-refractivity contribution in [3.63, 3.8) is 0 Å². The Morgan fingerprint density at radius 3 is 3.00 bits per heavy atom. The number of nitrogens with zero attached hydrogens (tertiary/aromatic N) is 4. The molecule has 2 aromatic heterocycles. The molecule has 0 bridgehead atoms. The zero-order valence-electron chi connectivity index (χ0n) is 8.52. The molecule has 0 radical (unpaired) electrons. The van der Waals surface area contributed by atoms with Gasteiger partial charge in [0.15, 0.2) is 5.82 Å². The van der Waals surface area contributed by atoms with Gasteiger partial charge in [-0.3, -0.25) is 4.79 Å². The SMILES string of the molecule is CCC(=O)NCc1nn2c(C)nnc2s1. The van der Waals surface area contributed by atoms with Crippen LogP contribution >= 0.6 is 11.3 Å². The highest BCUT2D eigenvalue weighted by atomic mass is 32.1. The molecule has 0 unspecified atom stereocenters. The van der Waals surface area contributed by atoms with E-state index in [4.69, 9.17) is 0 Å². The molecule has 0 saturated heterocycles. The third-order valence-corrected chi connectivity index (χ3v) is 2.85. The van der Waals surface area contributed by atoms with Crippen molar-refractivity contribution >= 4 is 22.2 Å². The smallest absolute Gasteiger partial charge is 0.234 e. The maximum atomic E-state index is 11.0. The molecule has 0 saturated carbocycles. The summed E-state index contributed by atoms with van der Waals surface area (Å²) >= 11 is 1.43. The third kappa shape index (κ3) is 1.96. The summed E-state index contributed by atoms with van der Waals surface area (Å²) in [6.07, 6.45) is 0.489. The van der Waals surface area contributed by atoms with E-state index in [1.54, 1.807) is 4.52 Å². The predicted molar refractivity (Wildman–Crippen MR) is 55.5 cm³/mol. The maximum absolute atomic E-state index is 11.0. The van der Waals surface area contributed by atoms with Crippen molar-refractivity contribution in [2.24, 2.45) is 0 Å². The molecular formula is C8H11N5OS. The highest BCUT2D eigenvalue weighted by molar-refractivity contribution is 7.16. The van der Waals surface area contributed by atoms with Crippen LogP contribution in [0.2, 0.25) is 0 Å². The van der Waals surface area contributed by atoms with Gasteiger partial charge in [-0.15, -0.1) is 10.2 Å². The molecule has 2 heterocycles. The Kier molecular flexibility index (Phi) is 2.63. The summed E-state index contributed by atoms with van der Waals surface area (Å²) < 4.78 is 1.68. The zero-order valence-corrected chi connectivity index (χ0v) is 9.34.